The van der Waals surface area contributed by atoms with Crippen LogP contribution in [0.1, 0.15) is 72.3 Å². The van der Waals surface area contributed by atoms with Crippen LogP contribution in [0.4, 0.5) is 9.59 Å². The number of amides is 3. The van der Waals surface area contributed by atoms with E-state index in [-0.39, 0.29) is 39.1 Å². The van der Waals surface area contributed by atoms with E-state index in [0.29, 0.717) is 19.4 Å². The fourth-order valence-corrected chi connectivity index (χ4v) is 3.42. The first-order valence-corrected chi connectivity index (χ1v) is 13.5. The normalized spacial score (nSPS) is 12.3. The molecule has 0 spiro atoms. The van der Waals surface area contributed by atoms with Crippen molar-refractivity contribution in [3.8, 4) is 0 Å². The summed E-state index contributed by atoms with van der Waals surface area (Å²) in [5.41, 5.74) is 0.0745. The first-order chi connectivity index (χ1) is 18.9. The average Bonchev–Trinajstić information content (AvgIpc) is 2.88. The van der Waals surface area contributed by atoms with Crippen molar-refractivity contribution in [2.75, 3.05) is 19.8 Å². The number of hydrogen-bond donors (Lipinski definition) is 3. The van der Waals surface area contributed by atoms with Crippen LogP contribution < -0.4 is 16.0 Å². The quantitative estimate of drug-likeness (QED) is 0.155. The lowest BCUT2D eigenvalue weighted by molar-refractivity contribution is -0.149. The SMILES string of the molecule is CCOC(=O)CC[C@H](NC(=O)[C@H](CCCCNC(=O)OCc1ccccc1)NC(=O)OC(C)(C)C)C(=O)OCC. The molecule has 1 aromatic carbocycles. The molecular formula is C28H43N3O9. The van der Waals surface area contributed by atoms with Gasteiger partial charge in [0.2, 0.25) is 5.91 Å². The molecule has 0 aliphatic rings. The lowest BCUT2D eigenvalue weighted by Gasteiger charge is -2.25. The smallest absolute Gasteiger partial charge is 0.408 e. The van der Waals surface area contributed by atoms with Crippen LogP contribution in [0.5, 0.6) is 0 Å². The molecule has 3 N–H and O–H groups in total. The molecule has 0 radical (unpaired) electrons. The number of rotatable bonds is 16. The molecule has 40 heavy (non-hydrogen) atoms. The predicted molar refractivity (Wildman–Crippen MR) is 146 cm³/mol. The van der Waals surface area contributed by atoms with Crippen molar-refractivity contribution < 1.29 is 42.9 Å². The molecular weight excluding hydrogens is 522 g/mol. The Kier molecular flexibility index (Phi) is 15.8. The number of carbonyl (C=O) groups excluding carboxylic acids is 5. The fraction of sp³-hybridized carbons (Fsp3) is 0.607. The molecule has 12 nitrogen and oxygen atoms in total. The Labute approximate surface area is 235 Å². The van der Waals surface area contributed by atoms with Gasteiger partial charge in [-0.25, -0.2) is 14.4 Å². The number of ether oxygens (including phenoxy) is 4. The van der Waals surface area contributed by atoms with Crippen LogP contribution in [0.25, 0.3) is 0 Å². The number of nitrogens with one attached hydrogen (secondary N) is 3. The van der Waals surface area contributed by atoms with Crippen molar-refractivity contribution in [1.82, 2.24) is 16.0 Å². The van der Waals surface area contributed by atoms with Gasteiger partial charge in [-0.15, -0.1) is 0 Å². The average molecular weight is 566 g/mol. The van der Waals surface area contributed by atoms with Crippen molar-refractivity contribution in [1.29, 1.82) is 0 Å². The summed E-state index contributed by atoms with van der Waals surface area (Å²) in [6, 6.07) is 7.11. The summed E-state index contributed by atoms with van der Waals surface area (Å²) in [7, 11) is 0. The highest BCUT2D eigenvalue weighted by Crippen LogP contribution is 2.10. The van der Waals surface area contributed by atoms with Gasteiger partial charge in [-0.3, -0.25) is 9.59 Å². The molecule has 0 aromatic heterocycles. The molecule has 0 saturated heterocycles. The lowest BCUT2D eigenvalue weighted by atomic mass is 10.1. The van der Waals surface area contributed by atoms with Gasteiger partial charge in [0.05, 0.1) is 13.2 Å². The second-order valence-corrected chi connectivity index (χ2v) is 9.84. The van der Waals surface area contributed by atoms with Gasteiger partial charge in [0.25, 0.3) is 0 Å². The Hall–Kier alpha value is -3.83. The molecule has 0 fully saturated rings. The molecule has 0 aliphatic heterocycles. The van der Waals surface area contributed by atoms with Gasteiger partial charge >= 0.3 is 24.1 Å². The zero-order valence-electron chi connectivity index (χ0n) is 24.1. The molecule has 224 valence electrons. The van der Waals surface area contributed by atoms with Gasteiger partial charge in [-0.1, -0.05) is 30.3 Å². The third-order valence-electron chi connectivity index (χ3n) is 5.24. The van der Waals surface area contributed by atoms with Crippen molar-refractivity contribution >= 4 is 30.0 Å². The van der Waals surface area contributed by atoms with Crippen molar-refractivity contribution in [3.05, 3.63) is 35.9 Å². The van der Waals surface area contributed by atoms with E-state index in [9.17, 15) is 24.0 Å². The van der Waals surface area contributed by atoms with Crippen molar-refractivity contribution in [3.63, 3.8) is 0 Å². The highest BCUT2D eigenvalue weighted by atomic mass is 16.6. The number of hydrogen-bond acceptors (Lipinski definition) is 9. The zero-order chi connectivity index (χ0) is 30.0. The largest absolute Gasteiger partial charge is 0.466 e. The van der Waals surface area contributed by atoms with Crippen LogP contribution in [0.2, 0.25) is 0 Å². The van der Waals surface area contributed by atoms with Gasteiger partial charge in [0.1, 0.15) is 24.3 Å². The summed E-state index contributed by atoms with van der Waals surface area (Å²) in [5, 5.41) is 7.77. The Morgan fingerprint density at radius 2 is 1.48 bits per heavy atom. The number of carbonyl (C=O) groups is 5. The summed E-state index contributed by atoms with van der Waals surface area (Å²) in [4.78, 5) is 61.7. The van der Waals surface area contributed by atoms with E-state index < -0.39 is 47.7 Å². The monoisotopic (exact) mass is 565 g/mol. The molecule has 0 heterocycles. The Morgan fingerprint density at radius 3 is 2.10 bits per heavy atom. The van der Waals surface area contributed by atoms with Gasteiger partial charge in [-0.05, 0) is 65.9 Å². The molecule has 1 aromatic rings. The van der Waals surface area contributed by atoms with Gasteiger partial charge in [0, 0.05) is 13.0 Å². The van der Waals surface area contributed by atoms with Crippen molar-refractivity contribution in [2.45, 2.75) is 91.0 Å². The Morgan fingerprint density at radius 1 is 0.800 bits per heavy atom. The second-order valence-electron chi connectivity index (χ2n) is 9.84. The number of benzene rings is 1. The predicted octanol–water partition coefficient (Wildman–Crippen LogP) is 3.37. The lowest BCUT2D eigenvalue weighted by Crippen LogP contribution is -2.52. The maximum absolute atomic E-state index is 13.1. The number of alkyl carbamates (subject to hydrolysis) is 2. The van der Waals surface area contributed by atoms with E-state index in [0.717, 1.165) is 5.56 Å². The minimum absolute atomic E-state index is 0.0302. The topological polar surface area (TPSA) is 158 Å². The number of esters is 2. The van der Waals surface area contributed by atoms with E-state index >= 15 is 0 Å². The molecule has 0 bridgehead atoms. The molecule has 3 amide bonds. The highest BCUT2D eigenvalue weighted by molar-refractivity contribution is 5.90. The highest BCUT2D eigenvalue weighted by Gasteiger charge is 2.29. The third kappa shape index (κ3) is 15.6. The van der Waals surface area contributed by atoms with E-state index in [2.05, 4.69) is 16.0 Å². The van der Waals surface area contributed by atoms with E-state index in [1.165, 1.54) is 0 Å². The van der Waals surface area contributed by atoms with Crippen molar-refractivity contribution in [2.24, 2.45) is 0 Å². The maximum Gasteiger partial charge on any atom is 0.408 e. The van der Waals surface area contributed by atoms with E-state index in [4.69, 9.17) is 18.9 Å². The van der Waals surface area contributed by atoms with Crippen LogP contribution in [-0.4, -0.2) is 67.5 Å². The van der Waals surface area contributed by atoms with E-state index in [1.807, 2.05) is 30.3 Å². The molecule has 1 rings (SSSR count). The molecule has 2 atom stereocenters. The van der Waals surface area contributed by atoms with Crippen LogP contribution in [0, 0.1) is 0 Å². The molecule has 12 heteroatoms. The summed E-state index contributed by atoms with van der Waals surface area (Å²) < 4.78 is 20.4. The molecule has 0 aliphatic carbocycles. The molecule has 0 unspecified atom stereocenters. The van der Waals surface area contributed by atoms with Gasteiger partial charge < -0.3 is 34.9 Å². The second kappa shape index (κ2) is 18.5. The Balaban J connectivity index is 2.71. The van der Waals surface area contributed by atoms with Crippen LogP contribution in [0.15, 0.2) is 30.3 Å². The maximum atomic E-state index is 13.1. The fourth-order valence-electron chi connectivity index (χ4n) is 3.42. The first-order valence-electron chi connectivity index (χ1n) is 13.5. The van der Waals surface area contributed by atoms with Gasteiger partial charge in [0.15, 0.2) is 0 Å². The summed E-state index contributed by atoms with van der Waals surface area (Å²) >= 11 is 0. The summed E-state index contributed by atoms with van der Waals surface area (Å²) in [5.74, 6) is -1.85. The van der Waals surface area contributed by atoms with E-state index in [1.54, 1.807) is 34.6 Å². The summed E-state index contributed by atoms with van der Waals surface area (Å²) in [6.45, 7) is 9.08. The standard InChI is InChI=1S/C28H43N3O9/c1-6-37-23(32)17-16-22(25(34)38-7-2)30-24(33)21(31-27(36)40-28(3,4)5)15-11-12-18-29-26(35)39-19-20-13-9-8-10-14-20/h8-10,13-14,21-22H,6-7,11-12,15-19H2,1-5H3,(H,29,35)(H,30,33)(H,31,36)/t21-,22-/m0/s1. The van der Waals surface area contributed by atoms with Crippen LogP contribution in [-0.2, 0) is 39.9 Å². The summed E-state index contributed by atoms with van der Waals surface area (Å²) in [6.07, 6.45) is -0.368. The number of unbranched alkanes of at least 4 members (excludes halogenated alkanes) is 1. The first kappa shape index (κ1) is 34.2. The van der Waals surface area contributed by atoms with Gasteiger partial charge in [-0.2, -0.15) is 0 Å². The Bertz CT molecular complexity index is 948. The van der Waals surface area contributed by atoms with Crippen LogP contribution >= 0.6 is 0 Å². The van der Waals surface area contributed by atoms with Crippen LogP contribution in [0.3, 0.4) is 0 Å². The minimum Gasteiger partial charge on any atom is -0.466 e. The zero-order valence-corrected chi connectivity index (χ0v) is 24.1. The third-order valence-corrected chi connectivity index (χ3v) is 5.24. The molecule has 0 saturated carbocycles. The minimum atomic E-state index is -1.11.